The number of carbonyl (C=O) groups is 1. The number of likely N-dealkylation sites (tertiary alicyclic amines) is 1. The van der Waals surface area contributed by atoms with Crippen molar-refractivity contribution in [2.75, 3.05) is 13.1 Å². The Morgan fingerprint density at radius 2 is 2.17 bits per heavy atom. The van der Waals surface area contributed by atoms with Gasteiger partial charge < -0.3 is 9.64 Å². The van der Waals surface area contributed by atoms with Crippen LogP contribution in [0.25, 0.3) is 11.0 Å². The van der Waals surface area contributed by atoms with E-state index in [1.54, 1.807) is 17.2 Å². The lowest BCUT2D eigenvalue weighted by atomic mass is 10.1. The van der Waals surface area contributed by atoms with Gasteiger partial charge in [-0.25, -0.2) is 9.48 Å². The second-order valence-electron chi connectivity index (χ2n) is 6.76. The number of ether oxygens (including phenoxy) is 1. The minimum atomic E-state index is -0.495. The summed E-state index contributed by atoms with van der Waals surface area (Å²) in [7, 11) is 0. The minimum Gasteiger partial charge on any atom is -0.444 e. The molecule has 1 aliphatic rings. The third-order valence-corrected chi connectivity index (χ3v) is 3.89. The number of fused-ring (bicyclic) bond motifs is 1. The molecule has 1 fully saturated rings. The Hall–Kier alpha value is -1.89. The van der Waals surface area contributed by atoms with Crippen molar-refractivity contribution in [3.05, 3.63) is 17.4 Å². The molecule has 0 N–H and O–H groups in total. The summed E-state index contributed by atoms with van der Waals surface area (Å²) in [5.74, 6) is 0. The van der Waals surface area contributed by atoms with Crippen LogP contribution in [0.15, 0.2) is 12.3 Å². The van der Waals surface area contributed by atoms with E-state index in [2.05, 4.69) is 15.3 Å². The smallest absolute Gasteiger partial charge is 0.410 e. The van der Waals surface area contributed by atoms with Crippen molar-refractivity contribution < 1.29 is 9.53 Å². The topological polar surface area (TPSA) is 73.1 Å². The number of nitrogens with zero attached hydrogens (tertiary/aromatic N) is 5. The van der Waals surface area contributed by atoms with Gasteiger partial charge in [-0.3, -0.25) is 0 Å². The van der Waals surface area contributed by atoms with E-state index in [0.29, 0.717) is 23.9 Å². The Labute approximate surface area is 139 Å². The van der Waals surface area contributed by atoms with Gasteiger partial charge in [0, 0.05) is 18.5 Å². The van der Waals surface area contributed by atoms with E-state index in [-0.39, 0.29) is 12.1 Å². The van der Waals surface area contributed by atoms with Crippen LogP contribution in [-0.4, -0.2) is 49.7 Å². The first kappa shape index (κ1) is 16.0. The molecule has 2 aromatic heterocycles. The lowest BCUT2D eigenvalue weighted by Crippen LogP contribution is -2.43. The largest absolute Gasteiger partial charge is 0.444 e. The summed E-state index contributed by atoms with van der Waals surface area (Å²) in [5.41, 5.74) is 0.190. The van der Waals surface area contributed by atoms with Gasteiger partial charge in [-0.15, -0.1) is 10.2 Å². The number of aromatic nitrogens is 4. The van der Waals surface area contributed by atoms with Crippen molar-refractivity contribution >= 4 is 28.7 Å². The summed E-state index contributed by atoms with van der Waals surface area (Å²) >= 11 is 5.86. The molecule has 23 heavy (non-hydrogen) atoms. The Kier molecular flexibility index (Phi) is 4.14. The molecule has 0 aliphatic carbocycles. The molecule has 8 heteroatoms. The molecule has 0 spiro atoms. The van der Waals surface area contributed by atoms with Gasteiger partial charge in [0.25, 0.3) is 0 Å². The molecule has 1 aliphatic heterocycles. The maximum atomic E-state index is 12.3. The average molecular weight is 338 g/mol. The highest BCUT2D eigenvalue weighted by molar-refractivity contribution is 6.29. The third kappa shape index (κ3) is 3.55. The average Bonchev–Trinajstić information content (AvgIpc) is 2.88. The molecular formula is C15H20ClN5O2. The van der Waals surface area contributed by atoms with Crippen LogP contribution in [0, 0.1) is 0 Å². The number of hydrogen-bond acceptors (Lipinski definition) is 5. The fraction of sp³-hybridized carbons (Fsp3) is 0.600. The van der Waals surface area contributed by atoms with Gasteiger partial charge in [-0.2, -0.15) is 5.10 Å². The van der Waals surface area contributed by atoms with Crippen LogP contribution in [0.4, 0.5) is 4.79 Å². The lowest BCUT2D eigenvalue weighted by molar-refractivity contribution is 0.0169. The highest BCUT2D eigenvalue weighted by Crippen LogP contribution is 2.26. The second kappa shape index (κ2) is 5.96. The summed E-state index contributed by atoms with van der Waals surface area (Å²) in [6.45, 7) is 6.85. The van der Waals surface area contributed by atoms with Gasteiger partial charge in [0.15, 0.2) is 10.8 Å². The van der Waals surface area contributed by atoms with Crippen molar-refractivity contribution in [3.8, 4) is 0 Å². The number of piperidine rings is 1. The van der Waals surface area contributed by atoms with Crippen molar-refractivity contribution in [3.63, 3.8) is 0 Å². The highest BCUT2D eigenvalue weighted by Gasteiger charge is 2.29. The predicted octanol–water partition coefficient (Wildman–Crippen LogP) is 3.05. The van der Waals surface area contributed by atoms with E-state index >= 15 is 0 Å². The first-order chi connectivity index (χ1) is 10.8. The molecule has 0 aromatic carbocycles. The first-order valence-electron chi connectivity index (χ1n) is 7.68. The molecule has 2 aromatic rings. The molecular weight excluding hydrogens is 318 g/mol. The molecule has 124 valence electrons. The van der Waals surface area contributed by atoms with E-state index in [1.165, 1.54) is 0 Å². The second-order valence-corrected chi connectivity index (χ2v) is 7.14. The quantitative estimate of drug-likeness (QED) is 0.799. The van der Waals surface area contributed by atoms with Crippen LogP contribution in [0.2, 0.25) is 5.15 Å². The molecule has 3 rings (SSSR count). The summed E-state index contributed by atoms with van der Waals surface area (Å²) in [4.78, 5) is 14.0. The lowest BCUT2D eigenvalue weighted by Gasteiger charge is -2.34. The third-order valence-electron chi connectivity index (χ3n) is 3.71. The standard InChI is InChI=1S/C15H20ClN5O2/c1-15(2,3)23-14(22)20-6-4-5-11(9-20)21-13-10(8-17-21)7-12(16)18-19-13/h7-8,11H,4-6,9H2,1-3H3/t11-/m1/s1. The Balaban J connectivity index is 1.79. The zero-order valence-electron chi connectivity index (χ0n) is 13.5. The number of halogens is 1. The SMILES string of the molecule is CC(C)(C)OC(=O)N1CCC[C@@H](n2ncc3cc(Cl)nnc32)C1. The molecule has 1 amide bonds. The Morgan fingerprint density at radius 3 is 2.91 bits per heavy atom. The zero-order valence-corrected chi connectivity index (χ0v) is 14.2. The van der Waals surface area contributed by atoms with Crippen molar-refractivity contribution in [1.29, 1.82) is 0 Å². The first-order valence-corrected chi connectivity index (χ1v) is 8.06. The van der Waals surface area contributed by atoms with Gasteiger partial charge in [0.05, 0.1) is 12.2 Å². The van der Waals surface area contributed by atoms with Crippen LogP contribution in [0.1, 0.15) is 39.7 Å². The summed E-state index contributed by atoms with van der Waals surface area (Å²) in [6, 6.07) is 1.80. The fourth-order valence-electron chi connectivity index (χ4n) is 2.74. The highest BCUT2D eigenvalue weighted by atomic mass is 35.5. The van der Waals surface area contributed by atoms with Gasteiger partial charge in [0.1, 0.15) is 5.60 Å². The van der Waals surface area contributed by atoms with Crippen LogP contribution in [0.5, 0.6) is 0 Å². The van der Waals surface area contributed by atoms with Crippen molar-refractivity contribution in [2.45, 2.75) is 45.3 Å². The van der Waals surface area contributed by atoms with E-state index in [9.17, 15) is 4.79 Å². The Morgan fingerprint density at radius 1 is 1.39 bits per heavy atom. The van der Waals surface area contributed by atoms with E-state index in [0.717, 1.165) is 18.2 Å². The molecule has 0 bridgehead atoms. The number of hydrogen-bond donors (Lipinski definition) is 0. The van der Waals surface area contributed by atoms with Crippen molar-refractivity contribution in [1.82, 2.24) is 24.9 Å². The molecule has 3 heterocycles. The fourth-order valence-corrected chi connectivity index (χ4v) is 2.90. The van der Waals surface area contributed by atoms with Crippen LogP contribution in [-0.2, 0) is 4.74 Å². The molecule has 0 radical (unpaired) electrons. The molecule has 0 unspecified atom stereocenters. The van der Waals surface area contributed by atoms with E-state index in [4.69, 9.17) is 16.3 Å². The minimum absolute atomic E-state index is 0.0595. The van der Waals surface area contributed by atoms with Gasteiger partial charge >= 0.3 is 6.09 Å². The maximum absolute atomic E-state index is 12.3. The Bertz CT molecular complexity index is 724. The summed E-state index contributed by atoms with van der Waals surface area (Å²) in [6.07, 6.45) is 3.27. The van der Waals surface area contributed by atoms with E-state index in [1.807, 2.05) is 25.5 Å². The van der Waals surface area contributed by atoms with Crippen LogP contribution >= 0.6 is 11.6 Å². The van der Waals surface area contributed by atoms with Gasteiger partial charge in [-0.1, -0.05) is 11.6 Å². The number of rotatable bonds is 1. The molecule has 1 atom stereocenters. The van der Waals surface area contributed by atoms with Crippen LogP contribution < -0.4 is 0 Å². The van der Waals surface area contributed by atoms with Crippen LogP contribution in [0.3, 0.4) is 0 Å². The molecule has 1 saturated heterocycles. The van der Waals surface area contributed by atoms with Gasteiger partial charge in [-0.05, 0) is 39.7 Å². The van der Waals surface area contributed by atoms with Gasteiger partial charge in [0.2, 0.25) is 0 Å². The predicted molar refractivity (Wildman–Crippen MR) is 86.4 cm³/mol. The summed E-state index contributed by atoms with van der Waals surface area (Å²) in [5, 5.41) is 13.6. The monoisotopic (exact) mass is 337 g/mol. The molecule has 7 nitrogen and oxygen atoms in total. The van der Waals surface area contributed by atoms with Crippen molar-refractivity contribution in [2.24, 2.45) is 0 Å². The van der Waals surface area contributed by atoms with E-state index < -0.39 is 5.60 Å². The zero-order chi connectivity index (χ0) is 16.6. The number of amides is 1. The number of carbonyl (C=O) groups excluding carboxylic acids is 1. The normalized spacial score (nSPS) is 19.1. The maximum Gasteiger partial charge on any atom is 0.410 e. The summed E-state index contributed by atoms with van der Waals surface area (Å²) < 4.78 is 7.29. The molecule has 0 saturated carbocycles.